The van der Waals surface area contributed by atoms with Crippen molar-refractivity contribution < 1.29 is 9.18 Å². The molecule has 18 heavy (non-hydrogen) atoms. The molecule has 0 aliphatic rings. The van der Waals surface area contributed by atoms with Crippen LogP contribution in [-0.4, -0.2) is 29.4 Å². The van der Waals surface area contributed by atoms with Gasteiger partial charge in [-0.1, -0.05) is 13.3 Å². The molecule has 0 unspecified atom stereocenters. The molecule has 0 spiro atoms. The molecule has 96 valence electrons. The molecule has 1 N–H and O–H groups in total. The first-order chi connectivity index (χ1) is 8.63. The van der Waals surface area contributed by atoms with E-state index in [0.717, 1.165) is 24.8 Å². The molecule has 1 heterocycles. The Bertz CT molecular complexity index is 562. The van der Waals surface area contributed by atoms with Crippen molar-refractivity contribution in [2.24, 2.45) is 0 Å². The van der Waals surface area contributed by atoms with E-state index in [-0.39, 0.29) is 11.7 Å². The zero-order valence-corrected chi connectivity index (χ0v) is 10.7. The summed E-state index contributed by atoms with van der Waals surface area (Å²) in [7, 11) is 1.79. The highest BCUT2D eigenvalue weighted by Crippen LogP contribution is 2.20. The van der Waals surface area contributed by atoms with Gasteiger partial charge in [0.15, 0.2) is 0 Å². The van der Waals surface area contributed by atoms with Crippen LogP contribution in [0.25, 0.3) is 10.9 Å². The third kappa shape index (κ3) is 2.37. The van der Waals surface area contributed by atoms with Crippen LogP contribution in [0.2, 0.25) is 0 Å². The lowest BCUT2D eigenvalue weighted by molar-refractivity contribution is 0.0795. The van der Waals surface area contributed by atoms with Crippen LogP contribution in [-0.2, 0) is 0 Å². The lowest BCUT2D eigenvalue weighted by atomic mass is 10.1. The van der Waals surface area contributed by atoms with Crippen molar-refractivity contribution in [2.75, 3.05) is 13.6 Å². The molecule has 0 atom stereocenters. The van der Waals surface area contributed by atoms with Crippen LogP contribution in [0.15, 0.2) is 24.4 Å². The molecule has 4 heteroatoms. The van der Waals surface area contributed by atoms with Gasteiger partial charge in [-0.05, 0) is 24.6 Å². The zero-order chi connectivity index (χ0) is 13.1. The number of carbonyl (C=O) groups is 1. The van der Waals surface area contributed by atoms with Crippen molar-refractivity contribution >= 4 is 16.8 Å². The molecule has 0 saturated carbocycles. The van der Waals surface area contributed by atoms with Crippen LogP contribution < -0.4 is 0 Å². The van der Waals surface area contributed by atoms with Gasteiger partial charge in [-0.25, -0.2) is 4.39 Å². The molecule has 0 aliphatic heterocycles. The molecule has 0 bridgehead atoms. The Hall–Kier alpha value is -1.84. The minimum Gasteiger partial charge on any atom is -0.360 e. The van der Waals surface area contributed by atoms with Crippen LogP contribution in [0.5, 0.6) is 0 Å². The molecular weight excluding hydrogens is 231 g/mol. The molecule has 1 aromatic heterocycles. The maximum Gasteiger partial charge on any atom is 0.255 e. The van der Waals surface area contributed by atoms with Crippen LogP contribution >= 0.6 is 0 Å². The highest BCUT2D eigenvalue weighted by Gasteiger charge is 2.15. The number of unbranched alkanes of at least 4 members (excludes halogenated alkanes) is 1. The average molecular weight is 248 g/mol. The summed E-state index contributed by atoms with van der Waals surface area (Å²) in [6.45, 7) is 2.83. The topological polar surface area (TPSA) is 36.1 Å². The number of fused-ring (bicyclic) bond motifs is 1. The third-order valence-electron chi connectivity index (χ3n) is 3.07. The van der Waals surface area contributed by atoms with E-state index < -0.39 is 0 Å². The van der Waals surface area contributed by atoms with Gasteiger partial charge < -0.3 is 9.88 Å². The minimum atomic E-state index is -0.303. The van der Waals surface area contributed by atoms with Gasteiger partial charge in [-0.3, -0.25) is 4.79 Å². The average Bonchev–Trinajstić information content (AvgIpc) is 2.77. The van der Waals surface area contributed by atoms with Crippen LogP contribution in [0, 0.1) is 5.82 Å². The Labute approximate surface area is 106 Å². The van der Waals surface area contributed by atoms with Crippen LogP contribution in [0.3, 0.4) is 0 Å². The van der Waals surface area contributed by atoms with Gasteiger partial charge in [-0.15, -0.1) is 0 Å². The van der Waals surface area contributed by atoms with E-state index in [4.69, 9.17) is 0 Å². The Morgan fingerprint density at radius 3 is 2.94 bits per heavy atom. The molecule has 2 rings (SSSR count). The fraction of sp³-hybridized carbons (Fsp3) is 0.357. The third-order valence-corrected chi connectivity index (χ3v) is 3.07. The smallest absolute Gasteiger partial charge is 0.255 e. The van der Waals surface area contributed by atoms with E-state index in [0.29, 0.717) is 11.1 Å². The normalized spacial score (nSPS) is 10.8. The van der Waals surface area contributed by atoms with E-state index in [1.807, 2.05) is 0 Å². The number of nitrogens with one attached hydrogen (secondary N) is 1. The number of rotatable bonds is 4. The molecule has 0 aliphatic carbocycles. The summed E-state index contributed by atoms with van der Waals surface area (Å²) in [5, 5.41) is 0.768. The van der Waals surface area contributed by atoms with Crippen molar-refractivity contribution in [1.82, 2.24) is 9.88 Å². The molecule has 3 nitrogen and oxygen atoms in total. The van der Waals surface area contributed by atoms with Gasteiger partial charge in [0, 0.05) is 30.7 Å². The van der Waals surface area contributed by atoms with Gasteiger partial charge in [0.2, 0.25) is 0 Å². The molecule has 0 radical (unpaired) electrons. The van der Waals surface area contributed by atoms with Crippen molar-refractivity contribution in [2.45, 2.75) is 19.8 Å². The summed E-state index contributed by atoms with van der Waals surface area (Å²) in [4.78, 5) is 16.9. The van der Waals surface area contributed by atoms with E-state index in [1.165, 1.54) is 12.1 Å². The maximum absolute atomic E-state index is 13.1. The lowest BCUT2D eigenvalue weighted by Gasteiger charge is -2.16. The predicted octanol–water partition coefficient (Wildman–Crippen LogP) is 3.18. The Kier molecular flexibility index (Phi) is 3.65. The van der Waals surface area contributed by atoms with Crippen molar-refractivity contribution in [3.8, 4) is 0 Å². The molecule has 2 aromatic rings. The molecule has 0 fully saturated rings. The summed E-state index contributed by atoms with van der Waals surface area (Å²) >= 11 is 0. The first-order valence-electron chi connectivity index (χ1n) is 6.15. The number of hydrogen-bond donors (Lipinski definition) is 1. The molecule has 1 amide bonds. The highest BCUT2D eigenvalue weighted by atomic mass is 19.1. The van der Waals surface area contributed by atoms with Crippen molar-refractivity contribution in [3.05, 3.63) is 35.8 Å². The number of aromatic amines is 1. The number of H-pyrrole nitrogens is 1. The number of hydrogen-bond acceptors (Lipinski definition) is 1. The standard InChI is InChI=1S/C14H17FN2O/c1-3-4-7-17(2)14(18)12-9-16-13-8-10(15)5-6-11(12)13/h5-6,8-9,16H,3-4,7H2,1-2H3. The van der Waals surface area contributed by atoms with E-state index in [9.17, 15) is 9.18 Å². The second-order valence-corrected chi connectivity index (χ2v) is 4.47. The first-order valence-corrected chi connectivity index (χ1v) is 6.15. The van der Waals surface area contributed by atoms with Gasteiger partial charge in [0.1, 0.15) is 5.82 Å². The fourth-order valence-electron chi connectivity index (χ4n) is 1.98. The summed E-state index contributed by atoms with van der Waals surface area (Å²) in [6.07, 6.45) is 3.69. The van der Waals surface area contributed by atoms with Crippen molar-refractivity contribution in [1.29, 1.82) is 0 Å². The Morgan fingerprint density at radius 2 is 2.22 bits per heavy atom. The molecule has 1 aromatic carbocycles. The molecule has 0 saturated heterocycles. The number of amides is 1. The minimum absolute atomic E-state index is 0.0266. The SMILES string of the molecule is CCCCN(C)C(=O)c1c[nH]c2cc(F)ccc12. The van der Waals surface area contributed by atoms with Crippen molar-refractivity contribution in [3.63, 3.8) is 0 Å². The largest absolute Gasteiger partial charge is 0.360 e. The first kappa shape index (κ1) is 12.6. The van der Waals surface area contributed by atoms with E-state index in [1.54, 1.807) is 24.2 Å². The summed E-state index contributed by atoms with van der Waals surface area (Å²) in [5.41, 5.74) is 1.26. The second kappa shape index (κ2) is 5.21. The van der Waals surface area contributed by atoms with Crippen LogP contribution in [0.1, 0.15) is 30.1 Å². The Balaban J connectivity index is 2.28. The summed E-state index contributed by atoms with van der Waals surface area (Å²) in [5.74, 6) is -0.330. The second-order valence-electron chi connectivity index (χ2n) is 4.47. The number of carbonyl (C=O) groups excluding carboxylic acids is 1. The number of aromatic nitrogens is 1. The predicted molar refractivity (Wildman–Crippen MR) is 70.1 cm³/mol. The molecular formula is C14H17FN2O. The van der Waals surface area contributed by atoms with Gasteiger partial charge in [0.25, 0.3) is 5.91 Å². The lowest BCUT2D eigenvalue weighted by Crippen LogP contribution is -2.27. The van der Waals surface area contributed by atoms with Crippen LogP contribution in [0.4, 0.5) is 4.39 Å². The maximum atomic E-state index is 13.1. The van der Waals surface area contributed by atoms with Gasteiger partial charge in [-0.2, -0.15) is 0 Å². The summed E-state index contributed by atoms with van der Waals surface area (Å²) in [6, 6.07) is 4.42. The van der Waals surface area contributed by atoms with E-state index in [2.05, 4.69) is 11.9 Å². The number of nitrogens with zero attached hydrogens (tertiary/aromatic N) is 1. The highest BCUT2D eigenvalue weighted by molar-refractivity contribution is 6.06. The number of benzene rings is 1. The van der Waals surface area contributed by atoms with Gasteiger partial charge >= 0.3 is 0 Å². The van der Waals surface area contributed by atoms with E-state index >= 15 is 0 Å². The zero-order valence-electron chi connectivity index (χ0n) is 10.7. The Morgan fingerprint density at radius 1 is 1.44 bits per heavy atom. The fourth-order valence-corrected chi connectivity index (χ4v) is 1.98. The van der Waals surface area contributed by atoms with Gasteiger partial charge in [0.05, 0.1) is 5.56 Å². The number of halogens is 1. The quantitative estimate of drug-likeness (QED) is 0.886. The summed E-state index contributed by atoms with van der Waals surface area (Å²) < 4.78 is 13.1. The monoisotopic (exact) mass is 248 g/mol.